The van der Waals surface area contributed by atoms with Gasteiger partial charge in [-0.25, -0.2) is 0 Å². The highest BCUT2D eigenvalue weighted by molar-refractivity contribution is 5.89. The van der Waals surface area contributed by atoms with E-state index in [1.807, 2.05) is 0 Å². The zero-order valence-electron chi connectivity index (χ0n) is 8.59. The van der Waals surface area contributed by atoms with Gasteiger partial charge in [-0.15, -0.1) is 0 Å². The van der Waals surface area contributed by atoms with Crippen LogP contribution in [0.2, 0.25) is 0 Å². The van der Waals surface area contributed by atoms with E-state index >= 15 is 0 Å². The molecule has 0 aliphatic carbocycles. The maximum absolute atomic E-state index is 11.5. The van der Waals surface area contributed by atoms with E-state index in [0.29, 0.717) is 0 Å². The van der Waals surface area contributed by atoms with Crippen LogP contribution >= 0.6 is 0 Å². The summed E-state index contributed by atoms with van der Waals surface area (Å²) in [5.41, 5.74) is 0. The van der Waals surface area contributed by atoms with Gasteiger partial charge in [0.05, 0.1) is 6.04 Å². The molecular formula is C9H17N3O2. The minimum Gasteiger partial charge on any atom is -0.357 e. The zero-order chi connectivity index (χ0) is 10.6. The summed E-state index contributed by atoms with van der Waals surface area (Å²) in [7, 11) is 1.55. The fourth-order valence-corrected chi connectivity index (χ4v) is 1.50. The van der Waals surface area contributed by atoms with Gasteiger partial charge in [-0.3, -0.25) is 9.59 Å². The largest absolute Gasteiger partial charge is 0.357 e. The molecule has 1 aliphatic heterocycles. The Balaban J connectivity index is 2.35. The van der Waals surface area contributed by atoms with Crippen molar-refractivity contribution in [2.24, 2.45) is 0 Å². The molecule has 2 amide bonds. The Labute approximate surface area is 83.6 Å². The number of likely N-dealkylation sites (N-methyl/N-ethyl adjacent to an activating group) is 1. The van der Waals surface area contributed by atoms with Crippen LogP contribution in [0.1, 0.15) is 19.8 Å². The minimum absolute atomic E-state index is 0.0846. The summed E-state index contributed by atoms with van der Waals surface area (Å²) in [5, 5.41) is 8.22. The van der Waals surface area contributed by atoms with Crippen molar-refractivity contribution in [2.75, 3.05) is 13.6 Å². The van der Waals surface area contributed by atoms with Gasteiger partial charge in [-0.1, -0.05) is 0 Å². The maximum Gasteiger partial charge on any atom is 0.242 e. The van der Waals surface area contributed by atoms with Gasteiger partial charge in [0.1, 0.15) is 6.04 Å². The number of nitrogens with one attached hydrogen (secondary N) is 3. The molecule has 80 valence electrons. The van der Waals surface area contributed by atoms with Gasteiger partial charge in [0.15, 0.2) is 0 Å². The first-order valence-corrected chi connectivity index (χ1v) is 4.90. The molecule has 2 atom stereocenters. The molecule has 0 aromatic rings. The molecule has 0 spiro atoms. The molecule has 1 fully saturated rings. The van der Waals surface area contributed by atoms with Crippen molar-refractivity contribution in [3.8, 4) is 0 Å². The van der Waals surface area contributed by atoms with Gasteiger partial charge in [0.25, 0.3) is 0 Å². The summed E-state index contributed by atoms with van der Waals surface area (Å²) < 4.78 is 0. The summed E-state index contributed by atoms with van der Waals surface area (Å²) >= 11 is 0. The number of rotatable bonds is 3. The average molecular weight is 199 g/mol. The van der Waals surface area contributed by atoms with E-state index in [0.717, 1.165) is 19.4 Å². The summed E-state index contributed by atoms with van der Waals surface area (Å²) in [5.74, 6) is -0.255. The number of hydrogen-bond donors (Lipinski definition) is 3. The Hall–Kier alpha value is -1.10. The van der Waals surface area contributed by atoms with Gasteiger partial charge in [0.2, 0.25) is 11.8 Å². The number of hydrogen-bond acceptors (Lipinski definition) is 3. The lowest BCUT2D eigenvalue weighted by molar-refractivity contribution is -0.129. The molecule has 1 aliphatic rings. The van der Waals surface area contributed by atoms with Crippen molar-refractivity contribution in [1.29, 1.82) is 0 Å². The van der Waals surface area contributed by atoms with Crippen LogP contribution in [0.25, 0.3) is 0 Å². The highest BCUT2D eigenvalue weighted by Gasteiger charge is 2.24. The normalized spacial score (nSPS) is 22.9. The lowest BCUT2D eigenvalue weighted by atomic mass is 10.2. The molecular weight excluding hydrogens is 182 g/mol. The molecule has 1 unspecified atom stereocenters. The van der Waals surface area contributed by atoms with E-state index < -0.39 is 6.04 Å². The molecule has 0 saturated carbocycles. The van der Waals surface area contributed by atoms with Crippen LogP contribution in [0, 0.1) is 0 Å². The smallest absolute Gasteiger partial charge is 0.242 e. The molecule has 3 N–H and O–H groups in total. The minimum atomic E-state index is -0.463. The Kier molecular flexibility index (Phi) is 3.88. The highest BCUT2D eigenvalue weighted by atomic mass is 16.2. The van der Waals surface area contributed by atoms with Crippen LogP contribution in [0.5, 0.6) is 0 Å². The second-order valence-corrected chi connectivity index (χ2v) is 3.49. The molecule has 0 radical (unpaired) electrons. The van der Waals surface area contributed by atoms with Crippen molar-refractivity contribution in [2.45, 2.75) is 31.8 Å². The Morgan fingerprint density at radius 3 is 2.71 bits per heavy atom. The van der Waals surface area contributed by atoms with E-state index in [-0.39, 0.29) is 17.9 Å². The van der Waals surface area contributed by atoms with Crippen molar-refractivity contribution in [3.05, 3.63) is 0 Å². The summed E-state index contributed by atoms with van der Waals surface area (Å²) in [6.45, 7) is 2.55. The quantitative estimate of drug-likeness (QED) is 0.545. The predicted molar refractivity (Wildman–Crippen MR) is 52.7 cm³/mol. The van der Waals surface area contributed by atoms with Crippen LogP contribution in [0.15, 0.2) is 0 Å². The second-order valence-electron chi connectivity index (χ2n) is 3.49. The molecule has 0 aromatic heterocycles. The molecule has 0 aromatic carbocycles. The zero-order valence-corrected chi connectivity index (χ0v) is 8.59. The monoisotopic (exact) mass is 199 g/mol. The Morgan fingerprint density at radius 1 is 1.50 bits per heavy atom. The van der Waals surface area contributed by atoms with E-state index in [2.05, 4.69) is 16.0 Å². The summed E-state index contributed by atoms with van der Waals surface area (Å²) in [4.78, 5) is 22.6. The first-order chi connectivity index (χ1) is 6.65. The molecule has 1 rings (SSSR count). The van der Waals surface area contributed by atoms with Crippen molar-refractivity contribution >= 4 is 11.8 Å². The van der Waals surface area contributed by atoms with E-state index in [4.69, 9.17) is 0 Å². The van der Waals surface area contributed by atoms with Gasteiger partial charge >= 0.3 is 0 Å². The van der Waals surface area contributed by atoms with Crippen molar-refractivity contribution in [1.82, 2.24) is 16.0 Å². The molecule has 1 heterocycles. The summed E-state index contributed by atoms with van der Waals surface area (Å²) in [6.07, 6.45) is 1.87. The van der Waals surface area contributed by atoms with Gasteiger partial charge in [-0.05, 0) is 26.3 Å². The standard InChI is InChI=1S/C9H17N3O2/c1-6(8(13)10-2)12-9(14)7-4-3-5-11-7/h6-7,11H,3-5H2,1-2H3,(H,10,13)(H,12,14)/t6?,7-/m1/s1. The molecule has 0 bridgehead atoms. The second kappa shape index (κ2) is 4.95. The maximum atomic E-state index is 11.5. The van der Waals surface area contributed by atoms with Crippen LogP contribution in [-0.4, -0.2) is 37.5 Å². The first kappa shape index (κ1) is 11.0. The lowest BCUT2D eigenvalue weighted by Crippen LogP contribution is -2.49. The Bertz CT molecular complexity index is 224. The number of carbonyl (C=O) groups is 2. The van der Waals surface area contributed by atoms with Crippen LogP contribution in [0.4, 0.5) is 0 Å². The van der Waals surface area contributed by atoms with Crippen molar-refractivity contribution in [3.63, 3.8) is 0 Å². The molecule has 5 heteroatoms. The average Bonchev–Trinajstić information content (AvgIpc) is 2.69. The fourth-order valence-electron chi connectivity index (χ4n) is 1.50. The predicted octanol–water partition coefficient (Wildman–Crippen LogP) is -1.01. The third-order valence-corrected chi connectivity index (χ3v) is 2.38. The van der Waals surface area contributed by atoms with Gasteiger partial charge in [0, 0.05) is 7.05 Å². The van der Waals surface area contributed by atoms with Crippen LogP contribution in [0.3, 0.4) is 0 Å². The SMILES string of the molecule is CNC(=O)C(C)NC(=O)[C@H]1CCCN1. The highest BCUT2D eigenvalue weighted by Crippen LogP contribution is 2.04. The molecule has 14 heavy (non-hydrogen) atoms. The summed E-state index contributed by atoms with van der Waals surface area (Å²) in [6, 6.07) is -0.586. The number of carbonyl (C=O) groups excluding carboxylic acids is 2. The van der Waals surface area contributed by atoms with E-state index in [1.54, 1.807) is 14.0 Å². The van der Waals surface area contributed by atoms with Gasteiger partial charge < -0.3 is 16.0 Å². The lowest BCUT2D eigenvalue weighted by Gasteiger charge is -2.15. The van der Waals surface area contributed by atoms with Crippen LogP contribution < -0.4 is 16.0 Å². The third-order valence-electron chi connectivity index (χ3n) is 2.38. The Morgan fingerprint density at radius 2 is 2.21 bits per heavy atom. The van der Waals surface area contributed by atoms with Crippen molar-refractivity contribution < 1.29 is 9.59 Å². The third kappa shape index (κ3) is 2.70. The molecule has 5 nitrogen and oxygen atoms in total. The topological polar surface area (TPSA) is 70.2 Å². The molecule has 1 saturated heterocycles. The van der Waals surface area contributed by atoms with E-state index in [1.165, 1.54) is 0 Å². The van der Waals surface area contributed by atoms with Gasteiger partial charge in [-0.2, -0.15) is 0 Å². The van der Waals surface area contributed by atoms with E-state index in [9.17, 15) is 9.59 Å². The van der Waals surface area contributed by atoms with Crippen LogP contribution in [-0.2, 0) is 9.59 Å². The first-order valence-electron chi connectivity index (χ1n) is 4.90. The number of amides is 2. The fraction of sp³-hybridized carbons (Fsp3) is 0.778.